The lowest BCUT2D eigenvalue weighted by atomic mass is 9.40. The molecule has 6 atom stereocenters. The number of phenolic OH excluding ortho intramolecular Hbond substituents is 1. The van der Waals surface area contributed by atoms with Crippen LogP contribution in [-0.4, -0.2) is 50.5 Å². The van der Waals surface area contributed by atoms with Gasteiger partial charge in [0.15, 0.2) is 34.5 Å². The monoisotopic (exact) mass is 564 g/mol. The Balaban J connectivity index is 1.89. The third kappa shape index (κ3) is 4.46. The molecule has 2 saturated carbocycles. The first kappa shape index (κ1) is 30.7. The van der Waals surface area contributed by atoms with E-state index in [0.717, 1.165) is 6.92 Å². The Bertz CT molecular complexity index is 1430. The van der Waals surface area contributed by atoms with Crippen molar-refractivity contribution < 1.29 is 39.0 Å². The van der Waals surface area contributed by atoms with Gasteiger partial charge in [-0.25, -0.2) is 0 Å². The van der Waals surface area contributed by atoms with Crippen molar-refractivity contribution in [2.45, 2.75) is 80.3 Å². The highest BCUT2D eigenvalue weighted by atomic mass is 16.3. The highest BCUT2D eigenvalue weighted by Crippen LogP contribution is 2.63. The van der Waals surface area contributed by atoms with Crippen molar-refractivity contribution in [3.8, 4) is 5.75 Å². The Kier molecular flexibility index (Phi) is 7.22. The lowest BCUT2D eigenvalue weighted by molar-refractivity contribution is -0.205. The maximum Gasteiger partial charge on any atom is 0.190 e. The highest BCUT2D eigenvalue weighted by molar-refractivity contribution is 6.32. The molecule has 1 aromatic carbocycles. The Labute approximate surface area is 240 Å². The van der Waals surface area contributed by atoms with E-state index in [1.165, 1.54) is 19.1 Å². The number of aliphatic hydroxyl groups is 1. The van der Waals surface area contributed by atoms with Gasteiger partial charge in [-0.1, -0.05) is 60.6 Å². The molecule has 0 heterocycles. The number of phenols is 1. The van der Waals surface area contributed by atoms with Gasteiger partial charge in [0.2, 0.25) is 0 Å². The number of Topliss-reactive ketones (excluding diaryl/α,β-unsaturated/α-hetero) is 5. The fourth-order valence-electron chi connectivity index (χ4n) is 8.08. The van der Waals surface area contributed by atoms with Crippen molar-refractivity contribution in [3.63, 3.8) is 0 Å². The van der Waals surface area contributed by atoms with Gasteiger partial charge in [0, 0.05) is 17.8 Å². The number of allylic oxidation sites excluding steroid dienone is 1. The average Bonchev–Trinajstić information content (AvgIpc) is 2.79. The number of carbonyl (C=O) groups excluding carboxylic acids is 6. The number of hydrogen-bond donors (Lipinski definition) is 2. The van der Waals surface area contributed by atoms with Gasteiger partial charge in [-0.05, 0) is 59.8 Å². The Morgan fingerprint density at radius 1 is 1.07 bits per heavy atom. The van der Waals surface area contributed by atoms with E-state index >= 15 is 0 Å². The molecule has 0 saturated heterocycles. The third-order valence-electron chi connectivity index (χ3n) is 9.45. The molecule has 2 N–H and O–H groups in total. The summed E-state index contributed by atoms with van der Waals surface area (Å²) < 4.78 is 0. The molecule has 1 aromatic rings. The maximum absolute atomic E-state index is 14.3. The van der Waals surface area contributed by atoms with Gasteiger partial charge in [-0.15, -0.1) is 0 Å². The van der Waals surface area contributed by atoms with Crippen LogP contribution in [0.4, 0.5) is 0 Å². The summed E-state index contributed by atoms with van der Waals surface area (Å²) in [5.41, 5.74) is -4.71. The van der Waals surface area contributed by atoms with Gasteiger partial charge in [-0.3, -0.25) is 28.8 Å². The zero-order valence-electron chi connectivity index (χ0n) is 25.1. The summed E-state index contributed by atoms with van der Waals surface area (Å²) in [6.45, 7) is 13.7. The molecule has 8 heteroatoms. The van der Waals surface area contributed by atoms with Crippen molar-refractivity contribution in [2.24, 2.45) is 39.9 Å². The Morgan fingerprint density at radius 2 is 1.68 bits per heavy atom. The quantitative estimate of drug-likeness (QED) is 0.402. The van der Waals surface area contributed by atoms with Crippen LogP contribution in [-0.2, 0) is 30.4 Å². The molecule has 0 bridgehead atoms. The van der Waals surface area contributed by atoms with Crippen molar-refractivity contribution in [3.05, 3.63) is 34.9 Å². The van der Waals surface area contributed by atoms with Gasteiger partial charge in [-0.2, -0.15) is 0 Å². The minimum Gasteiger partial charge on any atom is -0.507 e. The van der Waals surface area contributed by atoms with E-state index in [9.17, 15) is 39.0 Å². The van der Waals surface area contributed by atoms with Gasteiger partial charge in [0.25, 0.3) is 0 Å². The molecule has 3 unspecified atom stereocenters. The van der Waals surface area contributed by atoms with Crippen LogP contribution in [0.25, 0.3) is 6.08 Å². The molecule has 3 aliphatic carbocycles. The van der Waals surface area contributed by atoms with Gasteiger partial charge in [0.1, 0.15) is 17.5 Å². The number of carbonyl (C=O) groups is 6. The summed E-state index contributed by atoms with van der Waals surface area (Å²) in [6.07, 6.45) is 3.46. The molecular formula is C33H40O8. The third-order valence-corrected chi connectivity index (χ3v) is 9.45. The van der Waals surface area contributed by atoms with Crippen molar-refractivity contribution in [2.75, 3.05) is 0 Å². The van der Waals surface area contributed by atoms with Crippen LogP contribution in [0.5, 0.6) is 5.75 Å². The number of fused-ring (bicyclic) bond motifs is 3. The van der Waals surface area contributed by atoms with Crippen LogP contribution in [0.2, 0.25) is 0 Å². The number of rotatable bonds is 5. The van der Waals surface area contributed by atoms with Crippen LogP contribution >= 0.6 is 0 Å². The zero-order chi connectivity index (χ0) is 31.0. The number of aromatic hydroxyl groups is 1. The van der Waals surface area contributed by atoms with E-state index < -0.39 is 69.0 Å². The first-order valence-electron chi connectivity index (χ1n) is 14.2. The lowest BCUT2D eigenvalue weighted by Crippen LogP contribution is -2.76. The molecule has 4 rings (SSSR count). The number of ketones is 6. The van der Waals surface area contributed by atoms with Crippen LogP contribution in [0, 0.1) is 39.9 Å². The highest BCUT2D eigenvalue weighted by Gasteiger charge is 2.76. The van der Waals surface area contributed by atoms with E-state index in [4.69, 9.17) is 0 Å². The number of benzene rings is 1. The maximum atomic E-state index is 14.3. The molecule has 0 radical (unpaired) electrons. The van der Waals surface area contributed by atoms with Gasteiger partial charge < -0.3 is 10.2 Å². The largest absolute Gasteiger partial charge is 0.507 e. The minimum absolute atomic E-state index is 0.0230. The fourth-order valence-corrected chi connectivity index (χ4v) is 8.08. The molecule has 0 aromatic heterocycles. The summed E-state index contributed by atoms with van der Waals surface area (Å²) in [4.78, 5) is 80.7. The minimum atomic E-state index is -2.73. The second kappa shape index (κ2) is 9.65. The molecule has 8 nitrogen and oxygen atoms in total. The summed E-state index contributed by atoms with van der Waals surface area (Å²) in [5, 5.41) is 22.8. The second-order valence-corrected chi connectivity index (χ2v) is 14.4. The molecule has 2 fully saturated rings. The SMILES string of the molecule is CC(=O)C1C(=O)C(C(C)C)[C@@]2(C)C[C@@]3(C)Cc4c(/C=C/C(=O)CC(C)(C)C)ccc(O)c4C(=O)C3C(=O)[C@@]2(O)C1=O. The molecular weight excluding hydrogens is 524 g/mol. The molecule has 0 spiro atoms. The predicted molar refractivity (Wildman–Crippen MR) is 151 cm³/mol. The standard InChI is InChI=1S/C33H40O8/c1-16(2)24-26(37)22(17(3)34)28(39)33(41)29(40)25-27(38)23-20(14-31(25,7)15-32(24,33)8)18(10-12-21(23)36)9-11-19(35)13-30(4,5)6/h9-12,16,22,24-25,36,41H,13-15H2,1-8H3/b11-9+/t22?,24?,25?,31-,32-,33+/m1/s1. The van der Waals surface area contributed by atoms with Gasteiger partial charge >= 0.3 is 0 Å². The Hall–Kier alpha value is -3.26. The lowest BCUT2D eigenvalue weighted by Gasteiger charge is -2.61. The van der Waals surface area contributed by atoms with E-state index in [0.29, 0.717) is 17.5 Å². The van der Waals surface area contributed by atoms with Crippen LogP contribution < -0.4 is 0 Å². The smallest absolute Gasteiger partial charge is 0.190 e. The normalized spacial score (nSPS) is 33.6. The van der Waals surface area contributed by atoms with Crippen LogP contribution in [0.1, 0.15) is 89.7 Å². The summed E-state index contributed by atoms with van der Waals surface area (Å²) in [5.74, 6) is -9.39. The second-order valence-electron chi connectivity index (χ2n) is 14.4. The summed E-state index contributed by atoms with van der Waals surface area (Å²) in [7, 11) is 0. The van der Waals surface area contributed by atoms with Crippen LogP contribution in [0.3, 0.4) is 0 Å². The van der Waals surface area contributed by atoms with Gasteiger partial charge in [0.05, 0.1) is 11.5 Å². The number of hydrogen-bond acceptors (Lipinski definition) is 8. The van der Waals surface area contributed by atoms with Crippen molar-refractivity contribution in [1.82, 2.24) is 0 Å². The Morgan fingerprint density at radius 3 is 2.22 bits per heavy atom. The van der Waals surface area contributed by atoms with E-state index in [1.54, 1.807) is 32.9 Å². The van der Waals surface area contributed by atoms with E-state index in [2.05, 4.69) is 0 Å². The summed E-state index contributed by atoms with van der Waals surface area (Å²) >= 11 is 0. The topological polar surface area (TPSA) is 143 Å². The van der Waals surface area contributed by atoms with Crippen molar-refractivity contribution in [1.29, 1.82) is 0 Å². The summed E-state index contributed by atoms with van der Waals surface area (Å²) in [6, 6.07) is 2.93. The predicted octanol–water partition coefficient (Wildman–Crippen LogP) is 4.11. The molecule has 0 amide bonds. The molecule has 220 valence electrons. The first-order valence-corrected chi connectivity index (χ1v) is 14.2. The van der Waals surface area contributed by atoms with Crippen LogP contribution in [0.15, 0.2) is 18.2 Å². The molecule has 41 heavy (non-hydrogen) atoms. The fraction of sp³-hybridized carbons (Fsp3) is 0.576. The van der Waals surface area contributed by atoms with E-state index in [1.807, 2.05) is 20.8 Å². The average molecular weight is 565 g/mol. The first-order chi connectivity index (χ1) is 18.7. The van der Waals surface area contributed by atoms with Crippen molar-refractivity contribution >= 4 is 40.8 Å². The van der Waals surface area contributed by atoms with E-state index in [-0.39, 0.29) is 35.4 Å². The molecule has 3 aliphatic rings. The zero-order valence-corrected chi connectivity index (χ0v) is 25.1. The molecule has 0 aliphatic heterocycles.